The molecule has 0 aliphatic heterocycles. The highest BCUT2D eigenvalue weighted by molar-refractivity contribution is 7.16. The van der Waals surface area contributed by atoms with E-state index >= 15 is 0 Å². The minimum absolute atomic E-state index is 0.601. The van der Waals surface area contributed by atoms with Gasteiger partial charge in [-0.25, -0.2) is 9.97 Å². The highest BCUT2D eigenvalue weighted by Gasteiger charge is 2.30. The van der Waals surface area contributed by atoms with E-state index in [9.17, 15) is 0 Å². The lowest BCUT2D eigenvalue weighted by atomic mass is 10.2. The molecule has 1 saturated carbocycles. The fourth-order valence-corrected chi connectivity index (χ4v) is 3.09. The molecule has 2 heterocycles. The van der Waals surface area contributed by atoms with Crippen molar-refractivity contribution in [3.63, 3.8) is 0 Å². The molecule has 3 rings (SSSR count). The van der Waals surface area contributed by atoms with Gasteiger partial charge in [0.25, 0.3) is 0 Å². The van der Waals surface area contributed by atoms with Crippen molar-refractivity contribution in [3.8, 4) is 0 Å². The molecular weight excluding hydrogens is 244 g/mol. The first kappa shape index (κ1) is 11.9. The van der Waals surface area contributed by atoms with Crippen LogP contribution in [0.25, 0.3) is 10.2 Å². The van der Waals surface area contributed by atoms with Crippen LogP contribution in [-0.4, -0.2) is 28.0 Å². The molecule has 2 aromatic rings. The summed E-state index contributed by atoms with van der Waals surface area (Å²) in [4.78, 5) is 12.3. The number of nitrogens with zero attached hydrogens (tertiary/aromatic N) is 3. The van der Waals surface area contributed by atoms with Crippen molar-refractivity contribution in [2.75, 3.05) is 12.8 Å². The fourth-order valence-electron chi connectivity index (χ4n) is 2.30. The molecule has 0 spiro atoms. The van der Waals surface area contributed by atoms with Crippen LogP contribution in [0.2, 0.25) is 0 Å². The Balaban J connectivity index is 1.81. The van der Waals surface area contributed by atoms with E-state index in [0.717, 1.165) is 28.5 Å². The maximum absolute atomic E-state index is 5.96. The molecule has 1 fully saturated rings. The maximum atomic E-state index is 5.96. The molecule has 1 aliphatic carbocycles. The summed E-state index contributed by atoms with van der Waals surface area (Å²) in [6.07, 6.45) is 2.72. The summed E-state index contributed by atoms with van der Waals surface area (Å²) in [7, 11) is 2.14. The second kappa shape index (κ2) is 4.48. The Kier molecular flexibility index (Phi) is 2.95. The number of rotatable bonds is 4. The Bertz CT molecular complexity index is 561. The fraction of sp³-hybridized carbons (Fsp3) is 0.538. The van der Waals surface area contributed by atoms with Crippen LogP contribution in [0.3, 0.4) is 0 Å². The van der Waals surface area contributed by atoms with Crippen molar-refractivity contribution in [2.24, 2.45) is 5.92 Å². The van der Waals surface area contributed by atoms with E-state index in [2.05, 4.69) is 28.8 Å². The molecule has 1 atom stereocenters. The zero-order valence-corrected chi connectivity index (χ0v) is 11.6. The first-order valence-electron chi connectivity index (χ1n) is 6.35. The number of hydrogen-bond acceptors (Lipinski definition) is 5. The average Bonchev–Trinajstić information content (AvgIpc) is 3.07. The summed E-state index contributed by atoms with van der Waals surface area (Å²) in [5.74, 6) is 2.29. The third-order valence-electron chi connectivity index (χ3n) is 3.79. The molecular formula is C13H18N4S. The first-order chi connectivity index (χ1) is 8.65. The van der Waals surface area contributed by atoms with Gasteiger partial charge in [-0.2, -0.15) is 0 Å². The average molecular weight is 262 g/mol. The summed E-state index contributed by atoms with van der Waals surface area (Å²) in [6.45, 7) is 3.06. The van der Waals surface area contributed by atoms with Crippen molar-refractivity contribution in [2.45, 2.75) is 32.4 Å². The number of nitrogens with two attached hydrogens (primary N) is 1. The van der Waals surface area contributed by atoms with Crippen LogP contribution in [0, 0.1) is 5.92 Å². The van der Waals surface area contributed by atoms with Gasteiger partial charge in [0.2, 0.25) is 0 Å². The van der Waals surface area contributed by atoms with Gasteiger partial charge in [0.05, 0.1) is 11.9 Å². The second-order valence-corrected chi connectivity index (χ2v) is 6.05. The zero-order valence-electron chi connectivity index (χ0n) is 10.8. The smallest absolute Gasteiger partial charge is 0.146 e. The summed E-state index contributed by atoms with van der Waals surface area (Å²) < 4.78 is 0. The molecule has 1 unspecified atom stereocenters. The van der Waals surface area contributed by atoms with Crippen molar-refractivity contribution in [1.29, 1.82) is 0 Å². The molecule has 0 saturated heterocycles. The Morgan fingerprint density at radius 3 is 3.00 bits per heavy atom. The van der Waals surface area contributed by atoms with Crippen LogP contribution in [0.15, 0.2) is 11.4 Å². The largest absolute Gasteiger partial charge is 0.383 e. The van der Waals surface area contributed by atoms with E-state index in [-0.39, 0.29) is 0 Å². The molecule has 4 nitrogen and oxygen atoms in total. The lowest BCUT2D eigenvalue weighted by molar-refractivity contribution is 0.221. The van der Waals surface area contributed by atoms with Gasteiger partial charge in [-0.15, -0.1) is 11.3 Å². The summed E-state index contributed by atoms with van der Waals surface area (Å²) >= 11 is 1.62. The lowest BCUT2D eigenvalue weighted by Crippen LogP contribution is -2.31. The lowest BCUT2D eigenvalue weighted by Gasteiger charge is -2.23. The quantitative estimate of drug-likeness (QED) is 0.920. The Morgan fingerprint density at radius 1 is 1.50 bits per heavy atom. The van der Waals surface area contributed by atoms with Crippen LogP contribution in [0.5, 0.6) is 0 Å². The zero-order chi connectivity index (χ0) is 12.7. The van der Waals surface area contributed by atoms with E-state index in [1.807, 2.05) is 11.4 Å². The van der Waals surface area contributed by atoms with Crippen molar-refractivity contribution >= 4 is 27.4 Å². The molecule has 0 amide bonds. The molecule has 18 heavy (non-hydrogen) atoms. The van der Waals surface area contributed by atoms with Crippen molar-refractivity contribution < 1.29 is 0 Å². The Labute approximate surface area is 111 Å². The number of nitrogen functional groups attached to an aromatic ring is 1. The highest BCUT2D eigenvalue weighted by atomic mass is 32.1. The number of aromatic nitrogens is 2. The van der Waals surface area contributed by atoms with Gasteiger partial charge in [0.1, 0.15) is 16.5 Å². The summed E-state index contributed by atoms with van der Waals surface area (Å²) in [5.41, 5.74) is 5.96. The number of hydrogen-bond donors (Lipinski definition) is 1. The van der Waals surface area contributed by atoms with E-state index < -0.39 is 0 Å². The standard InChI is InChI=1S/C13H18N4S/c1-8(9-3-4-9)17(2)7-11-15-12(14)10-5-6-18-13(10)16-11/h5-6,8-9H,3-4,7H2,1-2H3,(H2,14,15,16). The van der Waals surface area contributed by atoms with E-state index in [1.165, 1.54) is 12.8 Å². The SMILES string of the molecule is CC(C1CC1)N(C)Cc1nc(N)c2ccsc2n1. The summed E-state index contributed by atoms with van der Waals surface area (Å²) in [6, 6.07) is 2.59. The van der Waals surface area contributed by atoms with E-state index in [0.29, 0.717) is 11.9 Å². The minimum atomic E-state index is 0.601. The number of anilines is 1. The van der Waals surface area contributed by atoms with Gasteiger partial charge < -0.3 is 5.73 Å². The number of fused-ring (bicyclic) bond motifs is 1. The van der Waals surface area contributed by atoms with Gasteiger partial charge in [-0.1, -0.05) is 0 Å². The first-order valence-corrected chi connectivity index (χ1v) is 7.23. The van der Waals surface area contributed by atoms with Gasteiger partial charge in [-0.3, -0.25) is 4.90 Å². The van der Waals surface area contributed by atoms with Gasteiger partial charge >= 0.3 is 0 Å². The normalized spacial score (nSPS) is 17.5. The van der Waals surface area contributed by atoms with Crippen molar-refractivity contribution in [1.82, 2.24) is 14.9 Å². The monoisotopic (exact) mass is 262 g/mol. The van der Waals surface area contributed by atoms with Crippen LogP contribution >= 0.6 is 11.3 Å². The maximum Gasteiger partial charge on any atom is 0.146 e. The van der Waals surface area contributed by atoms with E-state index in [4.69, 9.17) is 5.73 Å². The Hall–Kier alpha value is -1.20. The van der Waals surface area contributed by atoms with Crippen LogP contribution in [0.4, 0.5) is 5.82 Å². The minimum Gasteiger partial charge on any atom is -0.383 e. The molecule has 5 heteroatoms. The molecule has 96 valence electrons. The third-order valence-corrected chi connectivity index (χ3v) is 4.60. The van der Waals surface area contributed by atoms with Gasteiger partial charge in [-0.05, 0) is 44.2 Å². The molecule has 0 aromatic carbocycles. The van der Waals surface area contributed by atoms with Crippen LogP contribution in [-0.2, 0) is 6.54 Å². The second-order valence-electron chi connectivity index (χ2n) is 5.16. The predicted molar refractivity (Wildman–Crippen MR) is 75.5 cm³/mol. The van der Waals surface area contributed by atoms with Crippen molar-refractivity contribution in [3.05, 3.63) is 17.3 Å². The Morgan fingerprint density at radius 2 is 2.28 bits per heavy atom. The topological polar surface area (TPSA) is 55.0 Å². The van der Waals surface area contributed by atoms with Gasteiger partial charge in [0.15, 0.2) is 0 Å². The molecule has 0 radical (unpaired) electrons. The van der Waals surface area contributed by atoms with Gasteiger partial charge in [0, 0.05) is 6.04 Å². The molecule has 2 N–H and O–H groups in total. The summed E-state index contributed by atoms with van der Waals surface area (Å²) in [5, 5.41) is 2.98. The van der Waals surface area contributed by atoms with Crippen LogP contribution < -0.4 is 5.73 Å². The third kappa shape index (κ3) is 2.20. The molecule has 1 aliphatic rings. The van der Waals surface area contributed by atoms with E-state index in [1.54, 1.807) is 11.3 Å². The number of thiophene rings is 1. The van der Waals surface area contributed by atoms with Crippen LogP contribution in [0.1, 0.15) is 25.6 Å². The highest BCUT2D eigenvalue weighted by Crippen LogP contribution is 2.35. The predicted octanol–water partition coefficient (Wildman–Crippen LogP) is 2.50. The molecule has 2 aromatic heterocycles. The molecule has 0 bridgehead atoms.